The predicted octanol–water partition coefficient (Wildman–Crippen LogP) is 2.02. The van der Waals surface area contributed by atoms with Gasteiger partial charge in [-0.1, -0.05) is 25.1 Å². The number of anilines is 1. The number of nitrogens with zero attached hydrogens (tertiary/aromatic N) is 1. The lowest BCUT2D eigenvalue weighted by Crippen LogP contribution is -2.48. The van der Waals surface area contributed by atoms with Crippen LogP contribution in [0.15, 0.2) is 24.3 Å². The van der Waals surface area contributed by atoms with Crippen LogP contribution in [0.5, 0.6) is 0 Å². The van der Waals surface area contributed by atoms with E-state index in [1.165, 1.54) is 12.0 Å². The van der Waals surface area contributed by atoms with Crippen molar-refractivity contribution >= 4 is 17.6 Å². The fourth-order valence-electron chi connectivity index (χ4n) is 2.48. The van der Waals surface area contributed by atoms with Crippen molar-refractivity contribution in [3.8, 4) is 0 Å². The van der Waals surface area contributed by atoms with Crippen molar-refractivity contribution in [3.63, 3.8) is 0 Å². The highest BCUT2D eigenvalue weighted by Gasteiger charge is 2.42. The Labute approximate surface area is 118 Å². The van der Waals surface area contributed by atoms with Crippen LogP contribution in [0.3, 0.4) is 0 Å². The van der Waals surface area contributed by atoms with Gasteiger partial charge >= 0.3 is 5.97 Å². The van der Waals surface area contributed by atoms with Gasteiger partial charge in [-0.3, -0.25) is 9.59 Å². The van der Waals surface area contributed by atoms with Gasteiger partial charge < -0.3 is 14.7 Å². The minimum absolute atomic E-state index is 0.159. The van der Waals surface area contributed by atoms with Crippen LogP contribution >= 0.6 is 0 Å². The molecule has 0 fully saturated rings. The second-order valence-electron chi connectivity index (χ2n) is 5.15. The van der Waals surface area contributed by atoms with Gasteiger partial charge in [-0.2, -0.15) is 0 Å². The summed E-state index contributed by atoms with van der Waals surface area (Å²) in [4.78, 5) is 25.5. The number of amides is 1. The Morgan fingerprint density at radius 1 is 1.45 bits per heavy atom. The van der Waals surface area contributed by atoms with Gasteiger partial charge in [0.15, 0.2) is 0 Å². The van der Waals surface area contributed by atoms with Crippen molar-refractivity contribution in [2.45, 2.75) is 31.8 Å². The van der Waals surface area contributed by atoms with Crippen molar-refractivity contribution in [2.75, 3.05) is 18.6 Å². The number of carbonyl (C=O) groups excluding carboxylic acids is 1. The number of carboxylic acid groups (broad SMARTS) is 1. The number of ether oxygens (including phenoxy) is 1. The van der Waals surface area contributed by atoms with E-state index in [1.54, 1.807) is 31.2 Å². The molecule has 0 radical (unpaired) electrons. The summed E-state index contributed by atoms with van der Waals surface area (Å²) < 4.78 is 5.33. The van der Waals surface area contributed by atoms with E-state index in [4.69, 9.17) is 4.74 Å². The molecular formula is C15H19NO4. The molecule has 1 heterocycles. The molecule has 2 unspecified atom stereocenters. The number of fused-ring (bicyclic) bond motifs is 1. The van der Waals surface area contributed by atoms with E-state index in [1.807, 2.05) is 6.92 Å². The summed E-state index contributed by atoms with van der Waals surface area (Å²) in [6, 6.07) is 7.14. The van der Waals surface area contributed by atoms with Gasteiger partial charge in [0.2, 0.25) is 0 Å². The van der Waals surface area contributed by atoms with Crippen LogP contribution in [-0.4, -0.2) is 36.2 Å². The molecular weight excluding hydrogens is 258 g/mol. The lowest BCUT2D eigenvalue weighted by atomic mass is 10.0. The first kappa shape index (κ1) is 14.5. The average Bonchev–Trinajstić information content (AvgIpc) is 2.85. The molecule has 0 aliphatic carbocycles. The zero-order chi connectivity index (χ0) is 14.9. The largest absolute Gasteiger partial charge is 0.481 e. The quantitative estimate of drug-likeness (QED) is 0.914. The number of hydrogen-bond acceptors (Lipinski definition) is 3. The van der Waals surface area contributed by atoms with Gasteiger partial charge in [-0.05, 0) is 25.0 Å². The van der Waals surface area contributed by atoms with Crippen molar-refractivity contribution < 1.29 is 19.4 Å². The second kappa shape index (κ2) is 5.25. The number of para-hydroxylation sites is 1. The van der Waals surface area contributed by atoms with E-state index in [-0.39, 0.29) is 12.5 Å². The third-order valence-electron chi connectivity index (χ3n) is 4.09. The highest BCUT2D eigenvalue weighted by atomic mass is 16.5. The van der Waals surface area contributed by atoms with Crippen LogP contribution in [0.1, 0.15) is 31.7 Å². The predicted molar refractivity (Wildman–Crippen MR) is 74.9 cm³/mol. The molecule has 1 amide bonds. The number of rotatable bonds is 4. The van der Waals surface area contributed by atoms with Gasteiger partial charge in [0, 0.05) is 19.3 Å². The summed E-state index contributed by atoms with van der Waals surface area (Å²) in [6.45, 7) is 3.76. The van der Waals surface area contributed by atoms with E-state index < -0.39 is 17.5 Å². The summed E-state index contributed by atoms with van der Waals surface area (Å²) in [6.07, 6.45) is 0.527. The molecule has 0 spiro atoms. The Morgan fingerprint density at radius 3 is 2.65 bits per heavy atom. The number of aliphatic carboxylic acids is 1. The molecule has 1 N–H and O–H groups in total. The Hall–Kier alpha value is -1.88. The van der Waals surface area contributed by atoms with Crippen molar-refractivity contribution in [1.29, 1.82) is 0 Å². The zero-order valence-corrected chi connectivity index (χ0v) is 11.9. The van der Waals surface area contributed by atoms with Gasteiger partial charge in [0.1, 0.15) is 11.5 Å². The number of carboxylic acids is 1. The maximum Gasteiger partial charge on any atom is 0.312 e. The molecule has 5 heteroatoms. The lowest BCUT2D eigenvalue weighted by molar-refractivity contribution is -0.139. The topological polar surface area (TPSA) is 66.8 Å². The van der Waals surface area contributed by atoms with Crippen LogP contribution in [0, 0.1) is 0 Å². The Balaban J connectivity index is 2.41. The molecule has 0 bridgehead atoms. The minimum Gasteiger partial charge on any atom is -0.481 e. The number of carbonyl (C=O) groups is 2. The molecule has 5 nitrogen and oxygen atoms in total. The van der Waals surface area contributed by atoms with Gasteiger partial charge in [-0.15, -0.1) is 0 Å². The molecule has 2 atom stereocenters. The monoisotopic (exact) mass is 277 g/mol. The molecule has 1 aliphatic heterocycles. The molecule has 1 aromatic carbocycles. The highest BCUT2D eigenvalue weighted by molar-refractivity contribution is 6.03. The van der Waals surface area contributed by atoms with Crippen molar-refractivity contribution in [3.05, 3.63) is 29.8 Å². The fourth-order valence-corrected chi connectivity index (χ4v) is 2.48. The Bertz CT molecular complexity index is 536. The summed E-state index contributed by atoms with van der Waals surface area (Å²) in [5.74, 6) is -1.78. The van der Waals surface area contributed by atoms with E-state index in [0.29, 0.717) is 17.7 Å². The summed E-state index contributed by atoms with van der Waals surface area (Å²) in [7, 11) is 1.50. The SMILES string of the molecule is CCC(C)(OC)C(=O)N1CC(C(=O)O)c2ccccc21. The van der Waals surface area contributed by atoms with Gasteiger partial charge in [0.25, 0.3) is 5.91 Å². The van der Waals surface area contributed by atoms with Gasteiger partial charge in [0.05, 0.1) is 0 Å². The highest BCUT2D eigenvalue weighted by Crippen LogP contribution is 2.38. The van der Waals surface area contributed by atoms with E-state index in [9.17, 15) is 14.7 Å². The smallest absolute Gasteiger partial charge is 0.312 e. The fraction of sp³-hybridized carbons (Fsp3) is 0.467. The zero-order valence-electron chi connectivity index (χ0n) is 11.9. The summed E-state index contributed by atoms with van der Waals surface area (Å²) in [5, 5.41) is 9.31. The first-order valence-corrected chi connectivity index (χ1v) is 6.63. The summed E-state index contributed by atoms with van der Waals surface area (Å²) in [5.41, 5.74) is 0.421. The van der Waals surface area contributed by atoms with E-state index in [2.05, 4.69) is 0 Å². The van der Waals surface area contributed by atoms with E-state index in [0.717, 1.165) is 0 Å². The second-order valence-corrected chi connectivity index (χ2v) is 5.15. The third-order valence-corrected chi connectivity index (χ3v) is 4.09. The van der Waals surface area contributed by atoms with Crippen molar-refractivity contribution in [1.82, 2.24) is 0 Å². The molecule has 1 aliphatic rings. The Kier molecular flexibility index (Phi) is 3.81. The third kappa shape index (κ3) is 2.18. The van der Waals surface area contributed by atoms with Crippen LogP contribution in [0.25, 0.3) is 0 Å². The Morgan fingerprint density at radius 2 is 2.10 bits per heavy atom. The van der Waals surface area contributed by atoms with Gasteiger partial charge in [-0.25, -0.2) is 0 Å². The summed E-state index contributed by atoms with van der Waals surface area (Å²) >= 11 is 0. The van der Waals surface area contributed by atoms with E-state index >= 15 is 0 Å². The average molecular weight is 277 g/mol. The maximum absolute atomic E-state index is 12.7. The standard InChI is InChI=1S/C15H19NO4/c1-4-15(2,20-3)14(19)16-9-11(13(17)18)10-7-5-6-8-12(10)16/h5-8,11H,4,9H2,1-3H3,(H,17,18). The minimum atomic E-state index is -0.930. The normalized spacial score (nSPS) is 20.4. The van der Waals surface area contributed by atoms with Crippen LogP contribution in [-0.2, 0) is 14.3 Å². The van der Waals surface area contributed by atoms with Crippen LogP contribution in [0.2, 0.25) is 0 Å². The molecule has 1 aromatic rings. The van der Waals surface area contributed by atoms with Crippen LogP contribution < -0.4 is 4.90 Å². The lowest BCUT2D eigenvalue weighted by Gasteiger charge is -2.30. The molecule has 20 heavy (non-hydrogen) atoms. The first-order valence-electron chi connectivity index (χ1n) is 6.63. The van der Waals surface area contributed by atoms with Crippen LogP contribution in [0.4, 0.5) is 5.69 Å². The molecule has 0 aromatic heterocycles. The number of benzene rings is 1. The number of hydrogen-bond donors (Lipinski definition) is 1. The number of methoxy groups -OCH3 is 1. The molecule has 0 saturated carbocycles. The maximum atomic E-state index is 12.7. The first-order chi connectivity index (χ1) is 9.44. The molecule has 0 saturated heterocycles. The molecule has 2 rings (SSSR count). The molecule has 108 valence electrons. The van der Waals surface area contributed by atoms with Crippen molar-refractivity contribution in [2.24, 2.45) is 0 Å².